The predicted molar refractivity (Wildman–Crippen MR) is 84.2 cm³/mol. The summed E-state index contributed by atoms with van der Waals surface area (Å²) in [6, 6.07) is 4.41. The van der Waals surface area contributed by atoms with Crippen molar-refractivity contribution < 1.29 is 8.42 Å². The van der Waals surface area contributed by atoms with Crippen molar-refractivity contribution in [1.29, 1.82) is 0 Å². The Hall–Kier alpha value is -0.0400. The number of hydrogen-bond acceptors (Lipinski definition) is 3. The Morgan fingerprint density at radius 3 is 2.50 bits per heavy atom. The minimum absolute atomic E-state index is 0. The van der Waals surface area contributed by atoms with Gasteiger partial charge in [-0.15, -0.1) is 12.4 Å². The molecule has 1 aromatic rings. The molecule has 114 valence electrons. The molecule has 2 atom stereocenters. The van der Waals surface area contributed by atoms with Gasteiger partial charge in [0.2, 0.25) is 10.0 Å². The third-order valence-corrected chi connectivity index (χ3v) is 6.06. The number of hydrogen-bond donors (Lipinski definition) is 1. The largest absolute Gasteiger partial charge is 0.327 e. The lowest BCUT2D eigenvalue weighted by atomic mass is 9.96. The van der Waals surface area contributed by atoms with E-state index in [1.807, 2.05) is 6.92 Å². The van der Waals surface area contributed by atoms with Gasteiger partial charge in [0.1, 0.15) is 0 Å². The van der Waals surface area contributed by atoms with Crippen molar-refractivity contribution in [3.8, 4) is 0 Å². The summed E-state index contributed by atoms with van der Waals surface area (Å²) >= 11 is 11.7. The van der Waals surface area contributed by atoms with Crippen LogP contribution in [0.5, 0.6) is 0 Å². The molecule has 1 heterocycles. The molecule has 1 aliphatic heterocycles. The predicted octanol–water partition coefficient (Wildman–Crippen LogP) is 2.77. The number of halogens is 3. The lowest BCUT2D eigenvalue weighted by Gasteiger charge is -2.34. The van der Waals surface area contributed by atoms with Gasteiger partial charge in [-0.2, -0.15) is 4.31 Å². The lowest BCUT2D eigenvalue weighted by Crippen LogP contribution is -2.48. The van der Waals surface area contributed by atoms with Crippen LogP contribution in [-0.2, 0) is 10.0 Å². The Morgan fingerprint density at radius 2 is 1.95 bits per heavy atom. The van der Waals surface area contributed by atoms with E-state index in [0.717, 1.165) is 0 Å². The summed E-state index contributed by atoms with van der Waals surface area (Å²) in [5, 5.41) is 0.583. The van der Waals surface area contributed by atoms with Crippen LogP contribution in [0.3, 0.4) is 0 Å². The standard InChI is InChI=1S/C12H16Cl2N2O2S.ClH/c1-8-7-16(5-4-12(8)15)19(17,18)9-2-3-10(13)11(14)6-9;/h2-3,6,8,12H,4-5,7,15H2,1H3;1H. The zero-order chi connectivity index (χ0) is 14.2. The van der Waals surface area contributed by atoms with Gasteiger partial charge in [-0.05, 0) is 30.5 Å². The molecule has 1 aliphatic rings. The van der Waals surface area contributed by atoms with Gasteiger partial charge in [0.15, 0.2) is 0 Å². The minimum Gasteiger partial charge on any atom is -0.327 e. The van der Waals surface area contributed by atoms with E-state index in [1.165, 1.54) is 22.5 Å². The number of sulfonamides is 1. The summed E-state index contributed by atoms with van der Waals surface area (Å²) < 4.78 is 26.4. The van der Waals surface area contributed by atoms with Gasteiger partial charge < -0.3 is 5.73 Å². The van der Waals surface area contributed by atoms with Crippen molar-refractivity contribution in [1.82, 2.24) is 4.31 Å². The molecule has 2 rings (SSSR count). The van der Waals surface area contributed by atoms with E-state index in [9.17, 15) is 8.42 Å². The van der Waals surface area contributed by atoms with E-state index in [1.54, 1.807) is 0 Å². The number of benzene rings is 1. The summed E-state index contributed by atoms with van der Waals surface area (Å²) in [6.07, 6.45) is 0.668. The van der Waals surface area contributed by atoms with Crippen LogP contribution in [-0.4, -0.2) is 31.9 Å². The Labute approximate surface area is 135 Å². The third kappa shape index (κ3) is 3.59. The highest BCUT2D eigenvalue weighted by Crippen LogP contribution is 2.28. The van der Waals surface area contributed by atoms with Crippen LogP contribution in [0.1, 0.15) is 13.3 Å². The average molecular weight is 360 g/mol. The molecule has 0 bridgehead atoms. The van der Waals surface area contributed by atoms with E-state index < -0.39 is 10.0 Å². The van der Waals surface area contributed by atoms with Crippen LogP contribution in [0.4, 0.5) is 0 Å². The molecule has 0 spiro atoms. The second kappa shape index (κ2) is 6.81. The maximum atomic E-state index is 12.5. The molecule has 2 unspecified atom stereocenters. The van der Waals surface area contributed by atoms with E-state index in [-0.39, 0.29) is 34.3 Å². The van der Waals surface area contributed by atoms with Gasteiger partial charge in [0, 0.05) is 19.1 Å². The molecular weight excluding hydrogens is 343 g/mol. The van der Waals surface area contributed by atoms with Crippen molar-refractivity contribution in [3.05, 3.63) is 28.2 Å². The molecule has 1 saturated heterocycles. The van der Waals surface area contributed by atoms with Gasteiger partial charge in [0.05, 0.1) is 14.9 Å². The summed E-state index contributed by atoms with van der Waals surface area (Å²) in [5.74, 6) is 0.145. The van der Waals surface area contributed by atoms with Crippen molar-refractivity contribution >= 4 is 45.6 Å². The fraction of sp³-hybridized carbons (Fsp3) is 0.500. The zero-order valence-corrected chi connectivity index (χ0v) is 14.1. The van der Waals surface area contributed by atoms with Crippen LogP contribution >= 0.6 is 35.6 Å². The van der Waals surface area contributed by atoms with E-state index in [0.29, 0.717) is 24.5 Å². The second-order valence-corrected chi connectivity index (χ2v) is 7.62. The summed E-state index contributed by atoms with van der Waals surface area (Å²) in [6.45, 7) is 2.83. The first kappa shape index (κ1) is 18.0. The Bertz CT molecular complexity index is 580. The number of nitrogens with two attached hydrogens (primary N) is 1. The SMILES string of the molecule is CC1CN(S(=O)(=O)c2ccc(Cl)c(Cl)c2)CCC1N.Cl. The van der Waals surface area contributed by atoms with Crippen LogP contribution in [0, 0.1) is 5.92 Å². The molecule has 20 heavy (non-hydrogen) atoms. The topological polar surface area (TPSA) is 63.4 Å². The van der Waals surface area contributed by atoms with Crippen molar-refractivity contribution in [2.45, 2.75) is 24.3 Å². The third-order valence-electron chi connectivity index (χ3n) is 3.46. The normalized spacial score (nSPS) is 24.2. The monoisotopic (exact) mass is 358 g/mol. The molecular formula is C12H17Cl3N2O2S. The molecule has 2 N–H and O–H groups in total. The molecule has 1 fully saturated rings. The Morgan fingerprint density at radius 1 is 1.30 bits per heavy atom. The highest BCUT2D eigenvalue weighted by Gasteiger charge is 2.32. The molecule has 0 amide bonds. The molecule has 0 aromatic heterocycles. The van der Waals surface area contributed by atoms with Crippen LogP contribution < -0.4 is 5.73 Å². The van der Waals surface area contributed by atoms with Gasteiger partial charge in [-0.25, -0.2) is 8.42 Å². The first-order valence-electron chi connectivity index (χ1n) is 6.03. The quantitative estimate of drug-likeness (QED) is 0.883. The Kier molecular flexibility index (Phi) is 6.14. The molecule has 0 radical (unpaired) electrons. The molecule has 0 aliphatic carbocycles. The fourth-order valence-electron chi connectivity index (χ4n) is 2.13. The molecule has 1 aromatic carbocycles. The van der Waals surface area contributed by atoms with Crippen molar-refractivity contribution in [2.75, 3.05) is 13.1 Å². The van der Waals surface area contributed by atoms with Crippen LogP contribution in [0.15, 0.2) is 23.1 Å². The van der Waals surface area contributed by atoms with Crippen molar-refractivity contribution in [3.63, 3.8) is 0 Å². The maximum Gasteiger partial charge on any atom is 0.243 e. The van der Waals surface area contributed by atoms with Gasteiger partial charge >= 0.3 is 0 Å². The number of nitrogens with zero attached hydrogens (tertiary/aromatic N) is 1. The Balaban J connectivity index is 0.00000200. The first-order valence-corrected chi connectivity index (χ1v) is 8.22. The molecule has 0 saturated carbocycles. The highest BCUT2D eigenvalue weighted by molar-refractivity contribution is 7.89. The van der Waals surface area contributed by atoms with E-state index in [4.69, 9.17) is 28.9 Å². The summed E-state index contributed by atoms with van der Waals surface area (Å²) in [4.78, 5) is 0.171. The molecule has 8 heteroatoms. The van der Waals surface area contributed by atoms with Gasteiger partial charge in [-0.3, -0.25) is 0 Å². The van der Waals surface area contributed by atoms with Gasteiger partial charge in [-0.1, -0.05) is 30.1 Å². The first-order chi connectivity index (χ1) is 8.82. The number of rotatable bonds is 2. The number of piperidine rings is 1. The van der Waals surface area contributed by atoms with Gasteiger partial charge in [0.25, 0.3) is 0 Å². The van der Waals surface area contributed by atoms with E-state index in [2.05, 4.69) is 0 Å². The second-order valence-electron chi connectivity index (χ2n) is 4.87. The fourth-order valence-corrected chi connectivity index (χ4v) is 4.08. The molecule has 4 nitrogen and oxygen atoms in total. The highest BCUT2D eigenvalue weighted by atomic mass is 35.5. The summed E-state index contributed by atoms with van der Waals surface area (Å²) in [7, 11) is -3.52. The average Bonchev–Trinajstić information content (AvgIpc) is 2.35. The van der Waals surface area contributed by atoms with Crippen LogP contribution in [0.2, 0.25) is 10.0 Å². The smallest absolute Gasteiger partial charge is 0.243 e. The van der Waals surface area contributed by atoms with Crippen LogP contribution in [0.25, 0.3) is 0 Å². The summed E-state index contributed by atoms with van der Waals surface area (Å²) in [5.41, 5.74) is 5.91. The zero-order valence-electron chi connectivity index (χ0n) is 10.9. The van der Waals surface area contributed by atoms with E-state index >= 15 is 0 Å². The lowest BCUT2D eigenvalue weighted by molar-refractivity contribution is 0.250. The maximum absolute atomic E-state index is 12.5. The minimum atomic E-state index is -3.52. The van der Waals surface area contributed by atoms with Crippen molar-refractivity contribution in [2.24, 2.45) is 11.7 Å².